The van der Waals surface area contributed by atoms with Crippen molar-refractivity contribution >= 4 is 36.3 Å². The molecule has 2 N–H and O–H groups in total. The molecule has 0 aliphatic carbocycles. The van der Waals surface area contributed by atoms with E-state index in [0.29, 0.717) is 10.9 Å². The van der Waals surface area contributed by atoms with Gasteiger partial charge in [-0.25, -0.2) is 0 Å². The second kappa shape index (κ2) is 5.64. The molecular formula is C14H14NO2PS. The standard InChI is InChI=1S/C14H14NO2PS/c15-14(16)11-6-8-13(9-7-11)18(17,10-19)12-4-2-1-3-5-12/h1-9,19H,10H2,(H2,15,16). The van der Waals surface area contributed by atoms with Crippen LogP contribution in [0.5, 0.6) is 0 Å². The zero-order valence-electron chi connectivity index (χ0n) is 10.2. The number of nitrogens with two attached hydrogens (primary N) is 1. The quantitative estimate of drug-likeness (QED) is 0.668. The Labute approximate surface area is 117 Å². The molecule has 0 radical (unpaired) electrons. The van der Waals surface area contributed by atoms with Crippen LogP contribution >= 0.6 is 19.8 Å². The number of thiol groups is 1. The van der Waals surface area contributed by atoms with Gasteiger partial charge in [-0.2, -0.15) is 12.6 Å². The number of benzene rings is 2. The van der Waals surface area contributed by atoms with Gasteiger partial charge in [0, 0.05) is 16.2 Å². The van der Waals surface area contributed by atoms with Gasteiger partial charge < -0.3 is 10.3 Å². The SMILES string of the molecule is NC(=O)c1ccc(P(=O)(CS)c2ccccc2)cc1. The molecular weight excluding hydrogens is 277 g/mol. The molecule has 1 amide bonds. The molecule has 0 aliphatic rings. The predicted molar refractivity (Wildman–Crippen MR) is 82.1 cm³/mol. The minimum Gasteiger partial charge on any atom is -0.366 e. The minimum absolute atomic E-state index is 0.243. The van der Waals surface area contributed by atoms with Crippen molar-refractivity contribution in [2.24, 2.45) is 5.73 Å². The smallest absolute Gasteiger partial charge is 0.248 e. The van der Waals surface area contributed by atoms with Crippen LogP contribution in [0, 0.1) is 0 Å². The van der Waals surface area contributed by atoms with E-state index in [9.17, 15) is 9.36 Å². The van der Waals surface area contributed by atoms with Crippen molar-refractivity contribution in [1.82, 2.24) is 0 Å². The lowest BCUT2D eigenvalue weighted by Gasteiger charge is -2.17. The number of primary amides is 1. The van der Waals surface area contributed by atoms with E-state index in [1.54, 1.807) is 24.3 Å². The predicted octanol–water partition coefficient (Wildman–Crippen LogP) is 1.99. The first-order valence-electron chi connectivity index (χ1n) is 5.74. The van der Waals surface area contributed by atoms with Crippen molar-refractivity contribution in [3.63, 3.8) is 0 Å². The highest BCUT2D eigenvalue weighted by atomic mass is 32.1. The lowest BCUT2D eigenvalue weighted by atomic mass is 10.2. The van der Waals surface area contributed by atoms with E-state index in [1.165, 1.54) is 0 Å². The van der Waals surface area contributed by atoms with Crippen molar-refractivity contribution in [3.8, 4) is 0 Å². The Hall–Kier alpha value is -1.51. The van der Waals surface area contributed by atoms with Crippen LogP contribution in [0.3, 0.4) is 0 Å². The monoisotopic (exact) mass is 291 g/mol. The summed E-state index contributed by atoms with van der Waals surface area (Å²) in [7, 11) is -2.74. The maximum Gasteiger partial charge on any atom is 0.248 e. The van der Waals surface area contributed by atoms with Gasteiger partial charge >= 0.3 is 0 Å². The number of hydrogen-bond donors (Lipinski definition) is 2. The van der Waals surface area contributed by atoms with Gasteiger partial charge in [0.1, 0.15) is 0 Å². The molecule has 0 spiro atoms. The number of carbonyl (C=O) groups excluding carboxylic acids is 1. The topological polar surface area (TPSA) is 60.2 Å². The van der Waals surface area contributed by atoms with Crippen LogP contribution in [-0.2, 0) is 4.57 Å². The number of carbonyl (C=O) groups is 1. The Kier molecular flexibility index (Phi) is 4.13. The second-order valence-corrected chi connectivity index (χ2v) is 7.77. The largest absolute Gasteiger partial charge is 0.366 e. The Morgan fingerprint density at radius 1 is 1.00 bits per heavy atom. The molecule has 5 heteroatoms. The number of amides is 1. The van der Waals surface area contributed by atoms with Crippen LogP contribution in [0.15, 0.2) is 54.6 Å². The fraction of sp³-hybridized carbons (Fsp3) is 0.0714. The summed E-state index contributed by atoms with van der Waals surface area (Å²) >= 11 is 4.24. The van der Waals surface area contributed by atoms with E-state index in [1.807, 2.05) is 30.3 Å². The molecule has 1 atom stereocenters. The van der Waals surface area contributed by atoms with E-state index < -0.39 is 13.0 Å². The first-order valence-corrected chi connectivity index (χ1v) is 8.26. The molecule has 1 unspecified atom stereocenters. The van der Waals surface area contributed by atoms with E-state index >= 15 is 0 Å². The van der Waals surface area contributed by atoms with E-state index in [4.69, 9.17) is 5.73 Å². The molecule has 19 heavy (non-hydrogen) atoms. The average molecular weight is 291 g/mol. The van der Waals surface area contributed by atoms with Gasteiger partial charge in [0.25, 0.3) is 0 Å². The summed E-state index contributed by atoms with van der Waals surface area (Å²) in [5, 5.41) is 1.44. The van der Waals surface area contributed by atoms with Crippen LogP contribution in [0.1, 0.15) is 10.4 Å². The molecule has 3 nitrogen and oxygen atoms in total. The van der Waals surface area contributed by atoms with Gasteiger partial charge in [0.2, 0.25) is 5.91 Å². The number of rotatable bonds is 4. The molecule has 2 aromatic carbocycles. The van der Waals surface area contributed by atoms with Gasteiger partial charge in [-0.05, 0) is 12.1 Å². The molecule has 0 aromatic heterocycles. The minimum atomic E-state index is -2.74. The summed E-state index contributed by atoms with van der Waals surface area (Å²) in [6, 6.07) is 15.8. The van der Waals surface area contributed by atoms with Crippen molar-refractivity contribution in [2.45, 2.75) is 0 Å². The molecule has 0 bridgehead atoms. The molecule has 0 saturated heterocycles. The van der Waals surface area contributed by atoms with Gasteiger partial charge in [-0.15, -0.1) is 0 Å². The van der Waals surface area contributed by atoms with Gasteiger partial charge in [-0.1, -0.05) is 42.5 Å². The Morgan fingerprint density at radius 3 is 2.00 bits per heavy atom. The molecule has 2 aromatic rings. The highest BCUT2D eigenvalue weighted by molar-refractivity contribution is 7.96. The first-order chi connectivity index (χ1) is 9.08. The summed E-state index contributed by atoms with van der Waals surface area (Å²) in [6.45, 7) is 0. The highest BCUT2D eigenvalue weighted by Crippen LogP contribution is 2.43. The fourth-order valence-electron chi connectivity index (χ4n) is 1.85. The summed E-state index contributed by atoms with van der Waals surface area (Å²) in [5.74, 6) is -0.494. The van der Waals surface area contributed by atoms with Gasteiger partial charge in [-0.3, -0.25) is 4.79 Å². The van der Waals surface area contributed by atoms with E-state index in [2.05, 4.69) is 12.6 Å². The highest BCUT2D eigenvalue weighted by Gasteiger charge is 2.25. The first kappa shape index (κ1) is 13.9. The molecule has 0 aliphatic heterocycles. The molecule has 0 fully saturated rings. The van der Waals surface area contributed by atoms with E-state index in [0.717, 1.165) is 5.30 Å². The Morgan fingerprint density at radius 2 is 1.53 bits per heavy atom. The van der Waals surface area contributed by atoms with Crippen molar-refractivity contribution in [3.05, 3.63) is 60.2 Å². The van der Waals surface area contributed by atoms with Gasteiger partial charge in [0.05, 0.1) is 5.49 Å². The average Bonchev–Trinajstić information content (AvgIpc) is 2.47. The van der Waals surface area contributed by atoms with E-state index in [-0.39, 0.29) is 5.49 Å². The summed E-state index contributed by atoms with van der Waals surface area (Å²) in [4.78, 5) is 11.0. The zero-order valence-corrected chi connectivity index (χ0v) is 12.0. The maximum atomic E-state index is 13.1. The van der Waals surface area contributed by atoms with Crippen molar-refractivity contribution < 1.29 is 9.36 Å². The third-order valence-corrected chi connectivity index (χ3v) is 6.80. The van der Waals surface area contributed by atoms with Crippen LogP contribution < -0.4 is 16.3 Å². The summed E-state index contributed by atoms with van der Waals surface area (Å²) in [6.07, 6.45) is 0. The van der Waals surface area contributed by atoms with Crippen molar-refractivity contribution in [2.75, 3.05) is 5.49 Å². The lowest BCUT2D eigenvalue weighted by Crippen LogP contribution is -2.18. The van der Waals surface area contributed by atoms with Crippen molar-refractivity contribution in [1.29, 1.82) is 0 Å². The molecule has 98 valence electrons. The third kappa shape index (κ3) is 2.75. The zero-order chi connectivity index (χ0) is 13.9. The summed E-state index contributed by atoms with van der Waals surface area (Å²) < 4.78 is 13.1. The van der Waals surface area contributed by atoms with Crippen LogP contribution in [0.25, 0.3) is 0 Å². The Balaban J connectivity index is 2.48. The van der Waals surface area contributed by atoms with Gasteiger partial charge in [0.15, 0.2) is 7.14 Å². The third-order valence-electron chi connectivity index (χ3n) is 2.94. The molecule has 0 saturated carbocycles. The second-order valence-electron chi connectivity index (χ2n) is 4.13. The van der Waals surface area contributed by atoms with Crippen LogP contribution in [0.2, 0.25) is 0 Å². The number of hydrogen-bond acceptors (Lipinski definition) is 3. The normalized spacial score (nSPS) is 13.7. The summed E-state index contributed by atoms with van der Waals surface area (Å²) in [5.41, 5.74) is 5.84. The maximum absolute atomic E-state index is 13.1. The fourth-order valence-corrected chi connectivity index (χ4v) is 4.74. The van der Waals surface area contributed by atoms with Crippen LogP contribution in [-0.4, -0.2) is 11.4 Å². The molecule has 0 heterocycles. The lowest BCUT2D eigenvalue weighted by molar-refractivity contribution is 0.100. The Bertz CT molecular complexity index is 626. The molecule has 2 rings (SSSR count). The van der Waals surface area contributed by atoms with Crippen LogP contribution in [0.4, 0.5) is 0 Å².